The van der Waals surface area contributed by atoms with Crippen LogP contribution in [0.3, 0.4) is 0 Å². The van der Waals surface area contributed by atoms with Crippen LogP contribution in [0.15, 0.2) is 0 Å². The lowest BCUT2D eigenvalue weighted by Gasteiger charge is -2.34. The largest absolute Gasteiger partial charge is 0.376 e. The predicted molar refractivity (Wildman–Crippen MR) is 88.7 cm³/mol. The topological polar surface area (TPSA) is 46.6 Å². The van der Waals surface area contributed by atoms with E-state index < -0.39 is 0 Å². The van der Waals surface area contributed by atoms with E-state index in [0.29, 0.717) is 31.9 Å². The molecule has 0 aromatic heterocycles. The minimum atomic E-state index is -0.277. The Labute approximate surface area is 135 Å². The second-order valence-corrected chi connectivity index (χ2v) is 8.33. The van der Waals surface area contributed by atoms with Gasteiger partial charge < -0.3 is 9.64 Å². The van der Waals surface area contributed by atoms with Crippen LogP contribution in [0.4, 0.5) is 0 Å². The van der Waals surface area contributed by atoms with Gasteiger partial charge in [-0.2, -0.15) is 0 Å². The van der Waals surface area contributed by atoms with Crippen molar-refractivity contribution in [2.75, 3.05) is 19.7 Å². The lowest BCUT2D eigenvalue weighted by atomic mass is 9.79. The van der Waals surface area contributed by atoms with Gasteiger partial charge in [0, 0.05) is 37.5 Å². The highest BCUT2D eigenvalue weighted by Crippen LogP contribution is 2.27. The van der Waals surface area contributed by atoms with Crippen molar-refractivity contribution in [3.63, 3.8) is 0 Å². The minimum absolute atomic E-state index is 0.119. The number of hydrogen-bond donors (Lipinski definition) is 0. The van der Waals surface area contributed by atoms with Gasteiger partial charge in [-0.25, -0.2) is 0 Å². The van der Waals surface area contributed by atoms with Gasteiger partial charge in [-0.3, -0.25) is 9.59 Å². The van der Waals surface area contributed by atoms with E-state index in [9.17, 15) is 9.59 Å². The molecule has 4 heteroatoms. The molecule has 4 nitrogen and oxygen atoms in total. The van der Waals surface area contributed by atoms with Crippen LogP contribution in [0, 0.1) is 11.3 Å². The summed E-state index contributed by atoms with van der Waals surface area (Å²) in [5.74, 6) is 0.644. The third-order valence-corrected chi connectivity index (χ3v) is 4.03. The molecule has 1 fully saturated rings. The number of carbonyl (C=O) groups excluding carboxylic acids is 2. The molecule has 0 unspecified atom stereocenters. The van der Waals surface area contributed by atoms with Crippen molar-refractivity contribution in [1.29, 1.82) is 0 Å². The maximum atomic E-state index is 12.3. The summed E-state index contributed by atoms with van der Waals surface area (Å²) in [7, 11) is 0. The molecule has 0 atom stereocenters. The standard InChI is InChI=1S/C18H33NO3/c1-17(2,3)16(21)14-9-11-19(12-10-14)15(20)8-7-13-22-18(4,5)6/h14H,7-13H2,1-6H3. The summed E-state index contributed by atoms with van der Waals surface area (Å²) in [5.41, 5.74) is -0.421. The summed E-state index contributed by atoms with van der Waals surface area (Å²) in [6.07, 6.45) is 2.91. The molecular formula is C18H33NO3. The first-order valence-electron chi connectivity index (χ1n) is 8.47. The van der Waals surface area contributed by atoms with Gasteiger partial charge in [0.15, 0.2) is 0 Å². The van der Waals surface area contributed by atoms with Gasteiger partial charge >= 0.3 is 0 Å². The van der Waals surface area contributed by atoms with Gasteiger partial charge in [0.25, 0.3) is 0 Å². The molecular weight excluding hydrogens is 278 g/mol. The van der Waals surface area contributed by atoms with Gasteiger partial charge in [0.05, 0.1) is 5.60 Å². The molecule has 22 heavy (non-hydrogen) atoms. The SMILES string of the molecule is CC(C)(C)OCCCC(=O)N1CCC(C(=O)C(C)(C)C)CC1. The van der Waals surface area contributed by atoms with Crippen molar-refractivity contribution in [2.24, 2.45) is 11.3 Å². The number of nitrogens with zero attached hydrogens (tertiary/aromatic N) is 1. The molecule has 0 radical (unpaired) electrons. The number of ketones is 1. The fourth-order valence-corrected chi connectivity index (χ4v) is 2.76. The molecule has 0 saturated carbocycles. The average Bonchev–Trinajstić information content (AvgIpc) is 2.40. The van der Waals surface area contributed by atoms with Crippen LogP contribution in [0.2, 0.25) is 0 Å². The Kier molecular flexibility index (Phi) is 6.60. The number of Topliss-reactive ketones (excluding diaryl/α,β-unsaturated/α-hetero) is 1. The Morgan fingerprint density at radius 3 is 2.05 bits per heavy atom. The second kappa shape index (κ2) is 7.58. The summed E-state index contributed by atoms with van der Waals surface area (Å²) in [6.45, 7) is 14.0. The summed E-state index contributed by atoms with van der Waals surface area (Å²) >= 11 is 0. The molecule has 0 aromatic carbocycles. The number of rotatable bonds is 5. The van der Waals surface area contributed by atoms with Crippen molar-refractivity contribution in [1.82, 2.24) is 4.90 Å². The first-order valence-corrected chi connectivity index (χ1v) is 8.47. The molecule has 1 heterocycles. The number of hydrogen-bond acceptors (Lipinski definition) is 3. The highest BCUT2D eigenvalue weighted by atomic mass is 16.5. The predicted octanol–water partition coefficient (Wildman–Crippen LogP) is 3.44. The zero-order chi connectivity index (χ0) is 17.0. The third-order valence-electron chi connectivity index (χ3n) is 4.03. The molecule has 1 amide bonds. The summed E-state index contributed by atoms with van der Waals surface area (Å²) in [5, 5.41) is 0. The first kappa shape index (κ1) is 19.1. The molecule has 1 aliphatic heterocycles. The zero-order valence-electron chi connectivity index (χ0n) is 15.2. The molecule has 1 rings (SSSR count). The van der Waals surface area contributed by atoms with Crippen molar-refractivity contribution in [2.45, 2.75) is 72.8 Å². The van der Waals surface area contributed by atoms with E-state index in [-0.39, 0.29) is 22.8 Å². The Hall–Kier alpha value is -0.900. The molecule has 1 aliphatic rings. The van der Waals surface area contributed by atoms with Crippen molar-refractivity contribution < 1.29 is 14.3 Å². The minimum Gasteiger partial charge on any atom is -0.376 e. The first-order chi connectivity index (χ1) is 10.0. The van der Waals surface area contributed by atoms with Crippen LogP contribution in [0.1, 0.15) is 67.2 Å². The average molecular weight is 311 g/mol. The van der Waals surface area contributed by atoms with Crippen LogP contribution < -0.4 is 0 Å². The zero-order valence-corrected chi connectivity index (χ0v) is 15.2. The van der Waals surface area contributed by atoms with E-state index in [1.54, 1.807) is 0 Å². The Balaban J connectivity index is 2.30. The highest BCUT2D eigenvalue weighted by Gasteiger charge is 2.33. The maximum absolute atomic E-state index is 12.3. The second-order valence-electron chi connectivity index (χ2n) is 8.33. The molecule has 0 aromatic rings. The van der Waals surface area contributed by atoms with E-state index >= 15 is 0 Å². The Morgan fingerprint density at radius 2 is 1.59 bits per heavy atom. The van der Waals surface area contributed by atoms with Crippen molar-refractivity contribution >= 4 is 11.7 Å². The smallest absolute Gasteiger partial charge is 0.222 e. The summed E-state index contributed by atoms with van der Waals surface area (Å²) < 4.78 is 5.64. The fourth-order valence-electron chi connectivity index (χ4n) is 2.76. The van der Waals surface area contributed by atoms with Gasteiger partial charge in [-0.05, 0) is 40.0 Å². The van der Waals surface area contributed by atoms with Crippen LogP contribution in [-0.4, -0.2) is 41.9 Å². The van der Waals surface area contributed by atoms with Crippen LogP contribution in [0.5, 0.6) is 0 Å². The third kappa shape index (κ3) is 6.47. The van der Waals surface area contributed by atoms with Crippen LogP contribution in [0.25, 0.3) is 0 Å². The molecule has 1 saturated heterocycles. The molecule has 0 aliphatic carbocycles. The number of piperidine rings is 1. The molecule has 0 bridgehead atoms. The van der Waals surface area contributed by atoms with E-state index in [1.807, 2.05) is 46.4 Å². The van der Waals surface area contributed by atoms with Gasteiger partial charge in [0.1, 0.15) is 5.78 Å². The van der Waals surface area contributed by atoms with Crippen LogP contribution >= 0.6 is 0 Å². The van der Waals surface area contributed by atoms with E-state index in [2.05, 4.69) is 0 Å². The number of ether oxygens (including phenoxy) is 1. The van der Waals surface area contributed by atoms with Gasteiger partial charge in [-0.15, -0.1) is 0 Å². The van der Waals surface area contributed by atoms with Gasteiger partial charge in [-0.1, -0.05) is 20.8 Å². The van der Waals surface area contributed by atoms with Crippen LogP contribution in [-0.2, 0) is 14.3 Å². The number of carbonyl (C=O) groups is 2. The quantitative estimate of drug-likeness (QED) is 0.731. The summed E-state index contributed by atoms with van der Waals surface area (Å²) in [6, 6.07) is 0. The maximum Gasteiger partial charge on any atom is 0.222 e. The lowest BCUT2D eigenvalue weighted by molar-refractivity contribution is -0.138. The summed E-state index contributed by atoms with van der Waals surface area (Å²) in [4.78, 5) is 26.4. The van der Waals surface area contributed by atoms with E-state index in [1.165, 1.54) is 0 Å². The normalized spacial score (nSPS) is 17.6. The fraction of sp³-hybridized carbons (Fsp3) is 0.889. The van der Waals surface area contributed by atoms with Gasteiger partial charge in [0.2, 0.25) is 5.91 Å². The number of amides is 1. The lowest BCUT2D eigenvalue weighted by Crippen LogP contribution is -2.42. The van der Waals surface area contributed by atoms with E-state index in [0.717, 1.165) is 19.3 Å². The monoisotopic (exact) mass is 311 g/mol. The van der Waals surface area contributed by atoms with Crippen molar-refractivity contribution in [3.8, 4) is 0 Å². The Bertz CT molecular complexity index is 382. The molecule has 0 spiro atoms. The Morgan fingerprint density at radius 1 is 1.05 bits per heavy atom. The highest BCUT2D eigenvalue weighted by molar-refractivity contribution is 5.86. The van der Waals surface area contributed by atoms with Crippen molar-refractivity contribution in [3.05, 3.63) is 0 Å². The number of likely N-dealkylation sites (tertiary alicyclic amines) is 1. The van der Waals surface area contributed by atoms with E-state index in [4.69, 9.17) is 4.74 Å². The molecule has 0 N–H and O–H groups in total. The molecule has 128 valence electrons.